The molecule has 0 aromatic heterocycles. The number of benzene rings is 1. The van der Waals surface area contributed by atoms with Crippen molar-refractivity contribution in [1.29, 1.82) is 0 Å². The quantitative estimate of drug-likeness (QED) is 0.886. The highest BCUT2D eigenvalue weighted by atomic mass is 16.5. The highest BCUT2D eigenvalue weighted by molar-refractivity contribution is 5.43. The van der Waals surface area contributed by atoms with Gasteiger partial charge in [0, 0.05) is 0 Å². The molecule has 0 bridgehead atoms. The Labute approximate surface area is 121 Å². The maximum atomic E-state index is 10.7. The standard InChI is InChI=1S/C17H26O3/c1-4-12-7-5-6-8-14(12)17(18)13-9-10-15(19-2)16(11-13)20-3/h9-12,14,17-18H,4-8H2,1-3H3. The van der Waals surface area contributed by atoms with E-state index < -0.39 is 6.10 Å². The van der Waals surface area contributed by atoms with E-state index in [1.807, 2.05) is 18.2 Å². The predicted molar refractivity (Wildman–Crippen MR) is 80.2 cm³/mol. The summed E-state index contributed by atoms with van der Waals surface area (Å²) in [5.41, 5.74) is 0.938. The van der Waals surface area contributed by atoms with Crippen molar-refractivity contribution in [2.45, 2.75) is 45.1 Å². The SMILES string of the molecule is CCC1CCCCC1C(O)c1ccc(OC)c(OC)c1. The van der Waals surface area contributed by atoms with E-state index in [0.717, 1.165) is 18.4 Å². The smallest absolute Gasteiger partial charge is 0.161 e. The fourth-order valence-corrected chi connectivity index (χ4v) is 3.44. The summed E-state index contributed by atoms with van der Waals surface area (Å²) in [7, 11) is 3.26. The molecule has 3 unspecified atom stereocenters. The van der Waals surface area contributed by atoms with Crippen LogP contribution in [-0.4, -0.2) is 19.3 Å². The highest BCUT2D eigenvalue weighted by Crippen LogP contribution is 2.41. The first-order valence-electron chi connectivity index (χ1n) is 7.61. The summed E-state index contributed by atoms with van der Waals surface area (Å²) in [5.74, 6) is 2.39. The Morgan fingerprint density at radius 3 is 2.50 bits per heavy atom. The second-order valence-corrected chi connectivity index (χ2v) is 5.68. The van der Waals surface area contributed by atoms with E-state index in [1.54, 1.807) is 14.2 Å². The lowest BCUT2D eigenvalue weighted by Gasteiger charge is -2.34. The fraction of sp³-hybridized carbons (Fsp3) is 0.647. The first-order valence-corrected chi connectivity index (χ1v) is 7.61. The molecule has 3 nitrogen and oxygen atoms in total. The predicted octanol–water partition coefficient (Wildman–Crippen LogP) is 3.95. The van der Waals surface area contributed by atoms with E-state index in [4.69, 9.17) is 9.47 Å². The lowest BCUT2D eigenvalue weighted by atomic mass is 9.73. The monoisotopic (exact) mass is 278 g/mol. The second-order valence-electron chi connectivity index (χ2n) is 5.68. The zero-order chi connectivity index (χ0) is 14.5. The van der Waals surface area contributed by atoms with Crippen LogP contribution in [0.1, 0.15) is 50.7 Å². The molecule has 0 spiro atoms. The van der Waals surface area contributed by atoms with Gasteiger partial charge in [-0.25, -0.2) is 0 Å². The Kier molecular flexibility index (Phi) is 5.30. The number of hydrogen-bond acceptors (Lipinski definition) is 3. The van der Waals surface area contributed by atoms with Gasteiger partial charge in [0.1, 0.15) is 0 Å². The van der Waals surface area contributed by atoms with E-state index in [2.05, 4.69) is 6.92 Å². The second kappa shape index (κ2) is 6.98. The van der Waals surface area contributed by atoms with Crippen molar-refractivity contribution in [1.82, 2.24) is 0 Å². The van der Waals surface area contributed by atoms with Gasteiger partial charge in [-0.3, -0.25) is 0 Å². The number of hydrogen-bond donors (Lipinski definition) is 1. The minimum absolute atomic E-state index is 0.367. The third-order valence-electron chi connectivity index (χ3n) is 4.65. The Balaban J connectivity index is 2.21. The van der Waals surface area contributed by atoms with Gasteiger partial charge >= 0.3 is 0 Å². The summed E-state index contributed by atoms with van der Waals surface area (Å²) >= 11 is 0. The van der Waals surface area contributed by atoms with Crippen LogP contribution in [-0.2, 0) is 0 Å². The number of rotatable bonds is 5. The van der Waals surface area contributed by atoms with E-state index >= 15 is 0 Å². The molecule has 1 N–H and O–H groups in total. The molecule has 20 heavy (non-hydrogen) atoms. The summed E-state index contributed by atoms with van der Waals surface area (Å²) in [6.45, 7) is 2.23. The van der Waals surface area contributed by atoms with Gasteiger partial charge in [0.2, 0.25) is 0 Å². The van der Waals surface area contributed by atoms with Crippen molar-refractivity contribution in [3.63, 3.8) is 0 Å². The third kappa shape index (κ3) is 3.09. The van der Waals surface area contributed by atoms with Crippen LogP contribution >= 0.6 is 0 Å². The van der Waals surface area contributed by atoms with Gasteiger partial charge in [-0.1, -0.05) is 38.7 Å². The van der Waals surface area contributed by atoms with E-state index in [-0.39, 0.29) is 0 Å². The number of ether oxygens (including phenoxy) is 2. The topological polar surface area (TPSA) is 38.7 Å². The molecule has 0 heterocycles. The summed E-state index contributed by atoms with van der Waals surface area (Å²) in [6, 6.07) is 5.74. The summed E-state index contributed by atoms with van der Waals surface area (Å²) in [4.78, 5) is 0. The summed E-state index contributed by atoms with van der Waals surface area (Å²) < 4.78 is 10.6. The van der Waals surface area contributed by atoms with Gasteiger partial charge in [-0.2, -0.15) is 0 Å². The van der Waals surface area contributed by atoms with Crippen molar-refractivity contribution in [2.24, 2.45) is 11.8 Å². The van der Waals surface area contributed by atoms with Crippen LogP contribution in [0.15, 0.2) is 18.2 Å². The molecule has 0 amide bonds. The van der Waals surface area contributed by atoms with E-state index in [0.29, 0.717) is 23.3 Å². The van der Waals surface area contributed by atoms with Gasteiger partial charge in [0.25, 0.3) is 0 Å². The first-order chi connectivity index (χ1) is 9.71. The molecule has 1 aliphatic rings. The molecule has 3 atom stereocenters. The van der Waals surface area contributed by atoms with E-state index in [1.165, 1.54) is 19.3 Å². The van der Waals surface area contributed by atoms with Crippen molar-refractivity contribution in [3.8, 4) is 11.5 Å². The van der Waals surface area contributed by atoms with Gasteiger partial charge in [-0.15, -0.1) is 0 Å². The first kappa shape index (κ1) is 15.2. The zero-order valence-electron chi connectivity index (χ0n) is 12.8. The van der Waals surface area contributed by atoms with Crippen LogP contribution in [0.5, 0.6) is 11.5 Å². The molecule has 0 radical (unpaired) electrons. The largest absolute Gasteiger partial charge is 0.493 e. The molecule has 1 aliphatic carbocycles. The summed E-state index contributed by atoms with van der Waals surface area (Å²) in [6.07, 6.45) is 5.63. The Hall–Kier alpha value is -1.22. The Bertz CT molecular complexity index is 430. The number of aliphatic hydroxyl groups is 1. The van der Waals surface area contributed by atoms with Crippen molar-refractivity contribution in [3.05, 3.63) is 23.8 Å². The van der Waals surface area contributed by atoms with Crippen molar-refractivity contribution in [2.75, 3.05) is 14.2 Å². The molecule has 2 rings (SSSR count). The average molecular weight is 278 g/mol. The molecule has 1 aromatic carbocycles. The van der Waals surface area contributed by atoms with Gasteiger partial charge < -0.3 is 14.6 Å². The molecule has 1 fully saturated rings. The zero-order valence-corrected chi connectivity index (χ0v) is 12.8. The van der Waals surface area contributed by atoms with E-state index in [9.17, 15) is 5.11 Å². The minimum atomic E-state index is -0.403. The molecule has 0 aliphatic heterocycles. The fourth-order valence-electron chi connectivity index (χ4n) is 3.44. The molecule has 1 saturated carbocycles. The number of aliphatic hydroxyl groups excluding tert-OH is 1. The molecule has 3 heteroatoms. The van der Waals surface area contributed by atoms with Crippen LogP contribution in [0.2, 0.25) is 0 Å². The van der Waals surface area contributed by atoms with Crippen LogP contribution < -0.4 is 9.47 Å². The minimum Gasteiger partial charge on any atom is -0.493 e. The normalized spacial score (nSPS) is 24.2. The van der Waals surface area contributed by atoms with Crippen LogP contribution in [0.25, 0.3) is 0 Å². The van der Waals surface area contributed by atoms with Crippen LogP contribution in [0.4, 0.5) is 0 Å². The van der Waals surface area contributed by atoms with Gasteiger partial charge in [0.15, 0.2) is 11.5 Å². The summed E-state index contributed by atoms with van der Waals surface area (Å²) in [5, 5.41) is 10.7. The molecule has 1 aromatic rings. The lowest BCUT2D eigenvalue weighted by molar-refractivity contribution is 0.0450. The molecular formula is C17H26O3. The van der Waals surface area contributed by atoms with Gasteiger partial charge in [0.05, 0.1) is 20.3 Å². The van der Waals surface area contributed by atoms with Gasteiger partial charge in [-0.05, 0) is 36.0 Å². The maximum absolute atomic E-state index is 10.7. The van der Waals surface area contributed by atoms with Crippen molar-refractivity contribution < 1.29 is 14.6 Å². The molecule has 112 valence electrons. The highest BCUT2D eigenvalue weighted by Gasteiger charge is 2.30. The van der Waals surface area contributed by atoms with Crippen LogP contribution in [0.3, 0.4) is 0 Å². The third-order valence-corrected chi connectivity index (χ3v) is 4.65. The van der Waals surface area contributed by atoms with Crippen molar-refractivity contribution >= 4 is 0 Å². The Morgan fingerprint density at radius 2 is 1.85 bits per heavy atom. The van der Waals surface area contributed by atoms with Crippen LogP contribution in [0, 0.1) is 11.8 Å². The molecular weight excluding hydrogens is 252 g/mol. The lowest BCUT2D eigenvalue weighted by Crippen LogP contribution is -2.25. The number of methoxy groups -OCH3 is 2. The molecule has 0 saturated heterocycles. The maximum Gasteiger partial charge on any atom is 0.161 e. The Morgan fingerprint density at radius 1 is 1.15 bits per heavy atom. The average Bonchev–Trinajstić information content (AvgIpc) is 2.53.